The first kappa shape index (κ1) is 9.60. The number of rotatable bonds is 1. The third-order valence-electron chi connectivity index (χ3n) is 4.07. The lowest BCUT2D eigenvalue weighted by molar-refractivity contribution is -0.101. The van der Waals surface area contributed by atoms with Crippen molar-refractivity contribution in [2.75, 3.05) is 5.73 Å². The second-order valence-corrected chi connectivity index (χ2v) is 5.97. The van der Waals surface area contributed by atoms with Crippen molar-refractivity contribution in [2.24, 2.45) is 11.8 Å². The van der Waals surface area contributed by atoms with Gasteiger partial charge in [-0.25, -0.2) is 4.98 Å². The summed E-state index contributed by atoms with van der Waals surface area (Å²) >= 11 is 1.45. The minimum Gasteiger partial charge on any atom is -0.384 e. The molecule has 3 aliphatic rings. The van der Waals surface area contributed by atoms with E-state index in [1.54, 1.807) is 6.20 Å². The third-order valence-corrected chi connectivity index (χ3v) is 5.07. The van der Waals surface area contributed by atoms with Crippen molar-refractivity contribution in [3.05, 3.63) is 11.1 Å². The molecule has 1 heterocycles. The lowest BCUT2D eigenvalue weighted by Gasteiger charge is -2.48. The lowest BCUT2D eigenvalue weighted by atomic mass is 9.62. The van der Waals surface area contributed by atoms with Crippen LogP contribution in [0.2, 0.25) is 0 Å². The maximum absolute atomic E-state index is 10.8. The van der Waals surface area contributed by atoms with E-state index in [0.29, 0.717) is 17.0 Å². The fourth-order valence-corrected chi connectivity index (χ4v) is 4.10. The van der Waals surface area contributed by atoms with Crippen molar-refractivity contribution in [3.63, 3.8) is 0 Å². The van der Waals surface area contributed by atoms with Crippen molar-refractivity contribution in [1.82, 2.24) is 4.98 Å². The van der Waals surface area contributed by atoms with Gasteiger partial charge < -0.3 is 10.8 Å². The van der Waals surface area contributed by atoms with Crippen molar-refractivity contribution in [3.8, 4) is 0 Å². The Morgan fingerprint density at radius 2 is 2.13 bits per heavy atom. The molecule has 15 heavy (non-hydrogen) atoms. The number of nitrogen functional groups attached to an aromatic ring is 1. The highest BCUT2D eigenvalue weighted by Gasteiger charge is 2.48. The highest BCUT2D eigenvalue weighted by atomic mass is 32.1. The summed E-state index contributed by atoms with van der Waals surface area (Å²) in [5.74, 6) is 1.14. The molecule has 82 valence electrons. The molecule has 0 aliphatic heterocycles. The molecule has 0 amide bonds. The number of hydrogen-bond acceptors (Lipinski definition) is 4. The molecular weight excluding hydrogens is 208 g/mol. The van der Waals surface area contributed by atoms with Crippen LogP contribution in [-0.4, -0.2) is 10.1 Å². The van der Waals surface area contributed by atoms with Crippen LogP contribution in [0.3, 0.4) is 0 Å². The molecule has 2 bridgehead atoms. The van der Waals surface area contributed by atoms with Gasteiger partial charge >= 0.3 is 0 Å². The predicted molar refractivity (Wildman–Crippen MR) is 60.5 cm³/mol. The van der Waals surface area contributed by atoms with Crippen LogP contribution >= 0.6 is 11.3 Å². The molecule has 0 saturated heterocycles. The van der Waals surface area contributed by atoms with E-state index < -0.39 is 5.60 Å². The molecule has 0 radical (unpaired) electrons. The molecule has 1 atom stereocenters. The molecule has 4 heteroatoms. The summed E-state index contributed by atoms with van der Waals surface area (Å²) in [6.07, 6.45) is 7.60. The maximum Gasteiger partial charge on any atom is 0.180 e. The molecule has 4 rings (SSSR count). The summed E-state index contributed by atoms with van der Waals surface area (Å²) < 4.78 is 0. The van der Waals surface area contributed by atoms with Crippen molar-refractivity contribution in [1.29, 1.82) is 0 Å². The zero-order valence-electron chi connectivity index (χ0n) is 8.65. The molecule has 1 aromatic heterocycles. The Morgan fingerprint density at radius 1 is 1.40 bits per heavy atom. The minimum atomic E-state index is -0.615. The minimum absolute atomic E-state index is 0.433. The van der Waals surface area contributed by atoms with Gasteiger partial charge in [0.15, 0.2) is 5.13 Å². The van der Waals surface area contributed by atoms with E-state index in [0.717, 1.165) is 11.3 Å². The van der Waals surface area contributed by atoms with Gasteiger partial charge in [0.2, 0.25) is 0 Å². The first-order chi connectivity index (χ1) is 7.18. The molecule has 3 fully saturated rings. The fourth-order valence-electron chi connectivity index (χ4n) is 3.24. The van der Waals surface area contributed by atoms with Crippen LogP contribution in [0.4, 0.5) is 5.13 Å². The summed E-state index contributed by atoms with van der Waals surface area (Å²) in [6.45, 7) is 0. The summed E-state index contributed by atoms with van der Waals surface area (Å²) in [5, 5.41) is 11.3. The molecule has 1 unspecified atom stereocenters. The van der Waals surface area contributed by atoms with E-state index in [1.807, 2.05) is 0 Å². The first-order valence-electron chi connectivity index (χ1n) is 5.62. The quantitative estimate of drug-likeness (QED) is 0.768. The number of fused-ring (bicyclic) bond motifs is 3. The van der Waals surface area contributed by atoms with E-state index in [1.165, 1.54) is 37.0 Å². The zero-order chi connectivity index (χ0) is 10.5. The van der Waals surface area contributed by atoms with E-state index >= 15 is 0 Å². The van der Waals surface area contributed by atoms with Gasteiger partial charge in [-0.1, -0.05) is 11.3 Å². The van der Waals surface area contributed by atoms with Gasteiger partial charge in [-0.2, -0.15) is 0 Å². The highest BCUT2D eigenvalue weighted by molar-refractivity contribution is 7.15. The maximum atomic E-state index is 10.8. The first-order valence-corrected chi connectivity index (χ1v) is 6.44. The normalized spacial score (nSPS) is 39.5. The number of nitrogens with two attached hydrogens (primary N) is 1. The van der Waals surface area contributed by atoms with Crippen LogP contribution < -0.4 is 5.73 Å². The molecule has 1 aromatic rings. The van der Waals surface area contributed by atoms with Crippen LogP contribution in [0.5, 0.6) is 0 Å². The number of thiazole rings is 1. The Bertz CT molecular complexity index is 370. The number of hydrogen-bond donors (Lipinski definition) is 2. The second kappa shape index (κ2) is 3.19. The van der Waals surface area contributed by atoms with E-state index in [-0.39, 0.29) is 0 Å². The van der Waals surface area contributed by atoms with E-state index in [2.05, 4.69) is 4.98 Å². The average Bonchev–Trinajstić information content (AvgIpc) is 2.67. The highest BCUT2D eigenvalue weighted by Crippen LogP contribution is 2.53. The Kier molecular flexibility index (Phi) is 2.04. The van der Waals surface area contributed by atoms with Gasteiger partial charge in [0.25, 0.3) is 0 Å². The summed E-state index contributed by atoms with van der Waals surface area (Å²) in [7, 11) is 0. The predicted octanol–water partition coefficient (Wildman–Crippen LogP) is 2.12. The Balaban J connectivity index is 1.96. The van der Waals surface area contributed by atoms with E-state index in [9.17, 15) is 5.11 Å². The summed E-state index contributed by atoms with van der Waals surface area (Å²) in [5.41, 5.74) is 5.02. The molecule has 3 N–H and O–H groups in total. The molecular formula is C11H16N2OS. The van der Waals surface area contributed by atoms with Crippen LogP contribution in [0.25, 0.3) is 0 Å². The SMILES string of the molecule is Nc1ncc(C2(O)CC3CCC2CC3)s1. The summed E-state index contributed by atoms with van der Waals surface area (Å²) in [6, 6.07) is 0. The van der Waals surface area contributed by atoms with Crippen LogP contribution in [0.1, 0.15) is 37.0 Å². The van der Waals surface area contributed by atoms with Crippen molar-refractivity contribution >= 4 is 16.5 Å². The topological polar surface area (TPSA) is 59.1 Å². The Morgan fingerprint density at radius 3 is 2.60 bits per heavy atom. The van der Waals surface area contributed by atoms with Gasteiger partial charge in [-0.05, 0) is 43.9 Å². The molecule has 3 nitrogen and oxygen atoms in total. The smallest absolute Gasteiger partial charge is 0.180 e. The number of aromatic nitrogens is 1. The van der Waals surface area contributed by atoms with Crippen molar-refractivity contribution in [2.45, 2.75) is 37.7 Å². The van der Waals surface area contributed by atoms with E-state index in [4.69, 9.17) is 5.73 Å². The largest absolute Gasteiger partial charge is 0.384 e. The number of anilines is 1. The van der Waals surface area contributed by atoms with Crippen molar-refractivity contribution < 1.29 is 5.11 Å². The zero-order valence-corrected chi connectivity index (χ0v) is 9.46. The van der Waals surface area contributed by atoms with Gasteiger partial charge in [-0.15, -0.1) is 0 Å². The average molecular weight is 224 g/mol. The van der Waals surface area contributed by atoms with Crippen LogP contribution in [0.15, 0.2) is 6.20 Å². The van der Waals surface area contributed by atoms with Gasteiger partial charge in [-0.3, -0.25) is 0 Å². The van der Waals surface area contributed by atoms with Crippen LogP contribution in [-0.2, 0) is 5.60 Å². The van der Waals surface area contributed by atoms with Gasteiger partial charge in [0.05, 0.1) is 4.88 Å². The van der Waals surface area contributed by atoms with Crippen LogP contribution in [0, 0.1) is 11.8 Å². The number of nitrogens with zero attached hydrogens (tertiary/aromatic N) is 1. The van der Waals surface area contributed by atoms with Gasteiger partial charge in [0.1, 0.15) is 5.60 Å². The Labute approximate surface area is 93.3 Å². The fraction of sp³-hybridized carbons (Fsp3) is 0.727. The number of aliphatic hydroxyl groups is 1. The monoisotopic (exact) mass is 224 g/mol. The Hall–Kier alpha value is -0.610. The standard InChI is InChI=1S/C11H16N2OS/c12-10-13-6-9(15-10)11(14)5-7-1-3-8(11)4-2-7/h6-8,14H,1-5H2,(H2,12,13). The summed E-state index contributed by atoms with van der Waals surface area (Å²) in [4.78, 5) is 5.04. The molecule has 3 aliphatic carbocycles. The lowest BCUT2D eigenvalue weighted by Crippen LogP contribution is -2.44. The molecule has 0 spiro atoms. The van der Waals surface area contributed by atoms with Gasteiger partial charge in [0, 0.05) is 6.20 Å². The molecule has 3 saturated carbocycles. The second-order valence-electron chi connectivity index (χ2n) is 4.91. The molecule has 0 aromatic carbocycles. The third kappa shape index (κ3) is 1.39.